The number of rotatable bonds is 6. The first-order valence-corrected chi connectivity index (χ1v) is 9.01. The van der Waals surface area contributed by atoms with Crippen LogP contribution in [-0.4, -0.2) is 25.5 Å². The van der Waals surface area contributed by atoms with Crippen LogP contribution >= 0.6 is 0 Å². The van der Waals surface area contributed by atoms with Crippen LogP contribution in [0.4, 0.5) is 5.69 Å². The fourth-order valence-corrected chi connectivity index (χ4v) is 3.35. The largest absolute Gasteiger partial charge is 0.507 e. The molecule has 134 valence electrons. The van der Waals surface area contributed by atoms with Gasteiger partial charge in [0.1, 0.15) is 11.5 Å². The number of anilines is 1. The first kappa shape index (κ1) is 18.6. The Labute approximate surface area is 146 Å². The summed E-state index contributed by atoms with van der Waals surface area (Å²) in [5.41, 5.74) is 5.50. The fraction of sp³-hybridized carbons (Fsp3) is 0.235. The lowest BCUT2D eigenvalue weighted by atomic mass is 10.1. The van der Waals surface area contributed by atoms with Gasteiger partial charge in [-0.2, -0.15) is 0 Å². The maximum atomic E-state index is 12.5. The summed E-state index contributed by atoms with van der Waals surface area (Å²) < 4.78 is 33.0. The lowest BCUT2D eigenvalue weighted by Crippen LogP contribution is -2.16. The van der Waals surface area contributed by atoms with Crippen LogP contribution in [0.15, 0.2) is 41.3 Å². The number of aromatic hydroxyl groups is 1. The zero-order chi connectivity index (χ0) is 18.8. The van der Waals surface area contributed by atoms with E-state index in [0.29, 0.717) is 11.4 Å². The number of sulfonamides is 1. The maximum Gasteiger partial charge on any atom is 0.261 e. The van der Waals surface area contributed by atoms with E-state index in [4.69, 9.17) is 10.5 Å². The quantitative estimate of drug-likeness (QED) is 0.727. The van der Waals surface area contributed by atoms with Gasteiger partial charge in [0.05, 0.1) is 16.6 Å². The zero-order valence-electron chi connectivity index (χ0n) is 14.1. The molecule has 0 saturated carbocycles. The van der Waals surface area contributed by atoms with Crippen LogP contribution < -0.4 is 15.2 Å². The highest BCUT2D eigenvalue weighted by atomic mass is 32.2. The number of hydrogen-bond donors (Lipinski definition) is 3. The molecule has 0 saturated heterocycles. The van der Waals surface area contributed by atoms with Crippen LogP contribution in [-0.2, 0) is 10.0 Å². The molecule has 0 unspecified atom stereocenters. The Morgan fingerprint density at radius 3 is 2.32 bits per heavy atom. The number of aryl methyl sites for hydroxylation is 1. The molecular weight excluding hydrogens is 344 g/mol. The second-order valence-electron chi connectivity index (χ2n) is 5.80. The Kier molecular flexibility index (Phi) is 5.22. The van der Waals surface area contributed by atoms with Gasteiger partial charge in [-0.3, -0.25) is 9.52 Å². The van der Waals surface area contributed by atoms with Crippen molar-refractivity contribution >= 4 is 21.6 Å². The molecule has 0 aliphatic rings. The van der Waals surface area contributed by atoms with Gasteiger partial charge in [0.15, 0.2) is 0 Å². The van der Waals surface area contributed by atoms with Gasteiger partial charge in [-0.15, -0.1) is 0 Å². The first-order valence-electron chi connectivity index (χ1n) is 7.53. The highest BCUT2D eigenvalue weighted by molar-refractivity contribution is 7.92. The minimum Gasteiger partial charge on any atom is -0.507 e. The third-order valence-corrected chi connectivity index (χ3v) is 4.69. The van der Waals surface area contributed by atoms with Crippen molar-refractivity contribution in [1.29, 1.82) is 0 Å². The number of nitrogens with one attached hydrogen (secondary N) is 1. The van der Waals surface area contributed by atoms with Crippen LogP contribution in [0.2, 0.25) is 0 Å². The summed E-state index contributed by atoms with van der Waals surface area (Å²) in [5, 5.41) is 9.82. The molecule has 0 fully saturated rings. The summed E-state index contributed by atoms with van der Waals surface area (Å²) in [4.78, 5) is 11.2. The normalized spacial score (nSPS) is 11.4. The van der Waals surface area contributed by atoms with Crippen molar-refractivity contribution in [2.45, 2.75) is 31.8 Å². The lowest BCUT2D eigenvalue weighted by Gasteiger charge is -2.13. The van der Waals surface area contributed by atoms with Crippen molar-refractivity contribution < 1.29 is 23.1 Å². The highest BCUT2D eigenvalue weighted by Crippen LogP contribution is 2.27. The second kappa shape index (κ2) is 7.02. The van der Waals surface area contributed by atoms with E-state index in [2.05, 4.69) is 4.72 Å². The van der Waals surface area contributed by atoms with Gasteiger partial charge < -0.3 is 15.6 Å². The molecule has 8 heteroatoms. The highest BCUT2D eigenvalue weighted by Gasteiger charge is 2.20. The third-order valence-electron chi connectivity index (χ3n) is 3.33. The van der Waals surface area contributed by atoms with Gasteiger partial charge in [-0.25, -0.2) is 8.42 Å². The molecule has 2 aromatic carbocycles. The van der Waals surface area contributed by atoms with E-state index >= 15 is 0 Å². The van der Waals surface area contributed by atoms with Crippen molar-refractivity contribution in [1.82, 2.24) is 0 Å². The summed E-state index contributed by atoms with van der Waals surface area (Å²) >= 11 is 0. The maximum absolute atomic E-state index is 12.5. The van der Waals surface area contributed by atoms with Crippen LogP contribution in [0, 0.1) is 6.92 Å². The summed E-state index contributed by atoms with van der Waals surface area (Å²) in [6, 6.07) is 8.74. The molecule has 0 heterocycles. The second-order valence-corrected chi connectivity index (χ2v) is 7.48. The molecular formula is C17H20N2O5S. The average molecular weight is 364 g/mol. The molecule has 0 bridgehead atoms. The molecule has 25 heavy (non-hydrogen) atoms. The fourth-order valence-electron chi connectivity index (χ4n) is 2.18. The molecule has 0 aliphatic carbocycles. The van der Waals surface area contributed by atoms with Gasteiger partial charge in [0.2, 0.25) is 0 Å². The molecule has 0 atom stereocenters. The van der Waals surface area contributed by atoms with E-state index in [1.807, 2.05) is 13.8 Å². The molecule has 0 aliphatic heterocycles. The number of carbonyl (C=O) groups excluding carboxylic acids is 1. The van der Waals surface area contributed by atoms with Gasteiger partial charge in [0, 0.05) is 5.69 Å². The number of hydrogen-bond acceptors (Lipinski definition) is 5. The molecule has 7 nitrogen and oxygen atoms in total. The zero-order valence-corrected chi connectivity index (χ0v) is 14.9. The summed E-state index contributed by atoms with van der Waals surface area (Å²) in [6.07, 6.45) is 0.00901. The predicted octanol–water partition coefficient (Wildman–Crippen LogP) is 2.39. The van der Waals surface area contributed by atoms with Crippen molar-refractivity contribution in [3.8, 4) is 11.5 Å². The Bertz CT molecular complexity index is 890. The first-order chi connectivity index (χ1) is 11.6. The third kappa shape index (κ3) is 4.42. The van der Waals surface area contributed by atoms with Gasteiger partial charge in [0.25, 0.3) is 15.9 Å². The number of nitrogens with two attached hydrogens (primary N) is 1. The predicted molar refractivity (Wildman–Crippen MR) is 94.4 cm³/mol. The van der Waals surface area contributed by atoms with Crippen LogP contribution in [0.3, 0.4) is 0 Å². The van der Waals surface area contributed by atoms with E-state index in [1.54, 1.807) is 24.3 Å². The summed E-state index contributed by atoms with van der Waals surface area (Å²) in [7, 11) is -3.95. The average Bonchev–Trinajstić information content (AvgIpc) is 2.50. The summed E-state index contributed by atoms with van der Waals surface area (Å²) in [5.74, 6) is -0.621. The topological polar surface area (TPSA) is 119 Å². The van der Waals surface area contributed by atoms with Crippen LogP contribution in [0.1, 0.15) is 29.8 Å². The minimum absolute atomic E-state index is 0.00901. The van der Waals surface area contributed by atoms with E-state index in [9.17, 15) is 18.3 Å². The smallest absolute Gasteiger partial charge is 0.261 e. The molecule has 4 N–H and O–H groups in total. The van der Waals surface area contributed by atoms with Crippen LogP contribution in [0.25, 0.3) is 0 Å². The lowest BCUT2D eigenvalue weighted by molar-refractivity contribution is 0.0997. The number of primary amides is 1. The SMILES string of the molecule is Cc1cc(S(=O)(=O)Nc2ccc(OC(C)C)cc2)cc(C(N)=O)c1O. The molecule has 0 spiro atoms. The van der Waals surface area contributed by atoms with Gasteiger partial charge in [-0.1, -0.05) is 0 Å². The van der Waals surface area contributed by atoms with E-state index < -0.39 is 15.9 Å². The Hall–Kier alpha value is -2.74. The van der Waals surface area contributed by atoms with Crippen LogP contribution in [0.5, 0.6) is 11.5 Å². The van der Waals surface area contributed by atoms with Crippen molar-refractivity contribution in [2.24, 2.45) is 5.73 Å². The molecule has 2 rings (SSSR count). The molecule has 2 aromatic rings. The van der Waals surface area contributed by atoms with E-state index in [-0.39, 0.29) is 27.9 Å². The van der Waals surface area contributed by atoms with Gasteiger partial charge in [-0.05, 0) is 62.7 Å². The number of ether oxygens (including phenoxy) is 1. The number of benzene rings is 2. The van der Waals surface area contributed by atoms with Crippen molar-refractivity contribution in [2.75, 3.05) is 4.72 Å². The number of amides is 1. The van der Waals surface area contributed by atoms with E-state index in [0.717, 1.165) is 6.07 Å². The molecule has 0 aromatic heterocycles. The van der Waals surface area contributed by atoms with Crippen molar-refractivity contribution in [3.63, 3.8) is 0 Å². The monoisotopic (exact) mass is 364 g/mol. The van der Waals surface area contributed by atoms with Crippen molar-refractivity contribution in [3.05, 3.63) is 47.5 Å². The van der Waals surface area contributed by atoms with Gasteiger partial charge >= 0.3 is 0 Å². The summed E-state index contributed by atoms with van der Waals surface area (Å²) in [6.45, 7) is 5.26. The standard InChI is InChI=1S/C17H20N2O5S/c1-10(2)24-13-6-4-12(5-7-13)19-25(22,23)14-8-11(3)16(20)15(9-14)17(18)21/h4-10,19-20H,1-3H3,(H2,18,21). The molecule has 0 radical (unpaired) electrons. The Balaban J connectivity index is 2.32. The number of carbonyl (C=O) groups is 1. The minimum atomic E-state index is -3.95. The Morgan fingerprint density at radius 2 is 1.80 bits per heavy atom. The van der Waals surface area contributed by atoms with E-state index in [1.165, 1.54) is 13.0 Å². The molecule has 1 amide bonds. The Morgan fingerprint density at radius 1 is 1.20 bits per heavy atom. The number of phenols is 1.